The summed E-state index contributed by atoms with van der Waals surface area (Å²) in [5, 5.41) is 9.15. The van der Waals surface area contributed by atoms with E-state index in [4.69, 9.17) is 9.84 Å². The molecule has 5 heteroatoms. The van der Waals surface area contributed by atoms with Gasteiger partial charge in [-0.2, -0.15) is 0 Å². The summed E-state index contributed by atoms with van der Waals surface area (Å²) in [5.41, 5.74) is 1.32. The first-order valence-electron chi connectivity index (χ1n) is 7.59. The van der Waals surface area contributed by atoms with Gasteiger partial charge >= 0.3 is 5.97 Å². The first kappa shape index (κ1) is 18.2. The summed E-state index contributed by atoms with van der Waals surface area (Å²) < 4.78 is 5.10. The van der Waals surface area contributed by atoms with Gasteiger partial charge in [-0.1, -0.05) is 13.8 Å². The number of aryl methyl sites for hydroxylation is 1. The molecule has 0 bridgehead atoms. The summed E-state index contributed by atoms with van der Waals surface area (Å²) in [6, 6.07) is 4.86. The number of benzene rings is 1. The lowest BCUT2D eigenvalue weighted by Gasteiger charge is -2.30. The van der Waals surface area contributed by atoms with Gasteiger partial charge in [0.15, 0.2) is 0 Å². The van der Waals surface area contributed by atoms with Gasteiger partial charge < -0.3 is 14.7 Å². The van der Waals surface area contributed by atoms with Gasteiger partial charge in [-0.15, -0.1) is 0 Å². The van der Waals surface area contributed by atoms with Crippen molar-refractivity contribution in [3.05, 3.63) is 34.9 Å². The number of carbonyl (C=O) groups is 2. The van der Waals surface area contributed by atoms with Crippen molar-refractivity contribution in [2.45, 2.75) is 39.7 Å². The van der Waals surface area contributed by atoms with E-state index in [0.29, 0.717) is 18.7 Å². The van der Waals surface area contributed by atoms with E-state index >= 15 is 0 Å². The van der Waals surface area contributed by atoms with Crippen LogP contribution in [0.5, 0.6) is 0 Å². The summed E-state index contributed by atoms with van der Waals surface area (Å²) in [6.45, 7) is 6.83. The van der Waals surface area contributed by atoms with Gasteiger partial charge in [0.1, 0.15) is 0 Å². The molecule has 0 atom stereocenters. The molecule has 0 heterocycles. The highest BCUT2D eigenvalue weighted by atomic mass is 16.5. The van der Waals surface area contributed by atoms with Crippen LogP contribution < -0.4 is 0 Å². The topological polar surface area (TPSA) is 66.8 Å². The van der Waals surface area contributed by atoms with Crippen LogP contribution in [0.1, 0.15) is 53.0 Å². The molecule has 0 aromatic heterocycles. The first-order chi connectivity index (χ1) is 10.4. The van der Waals surface area contributed by atoms with Crippen molar-refractivity contribution in [2.24, 2.45) is 0 Å². The minimum absolute atomic E-state index is 0.122. The Morgan fingerprint density at radius 2 is 1.77 bits per heavy atom. The molecule has 1 rings (SSSR count). The molecule has 0 radical (unpaired) electrons. The molecule has 1 N–H and O–H groups in total. The molecule has 0 fully saturated rings. The Kier molecular flexibility index (Phi) is 7.05. The van der Waals surface area contributed by atoms with Crippen molar-refractivity contribution in [3.63, 3.8) is 0 Å². The minimum atomic E-state index is -1.02. The van der Waals surface area contributed by atoms with Gasteiger partial charge in [0.05, 0.1) is 12.2 Å². The molecule has 0 aliphatic carbocycles. The maximum Gasteiger partial charge on any atom is 0.335 e. The number of aromatic carboxylic acids is 1. The smallest absolute Gasteiger partial charge is 0.335 e. The van der Waals surface area contributed by atoms with Crippen molar-refractivity contribution in [3.8, 4) is 0 Å². The number of carbonyl (C=O) groups excluding carboxylic acids is 1. The van der Waals surface area contributed by atoms with E-state index in [2.05, 4.69) is 0 Å². The quantitative estimate of drug-likeness (QED) is 0.802. The van der Waals surface area contributed by atoms with Crippen LogP contribution in [0.4, 0.5) is 0 Å². The van der Waals surface area contributed by atoms with Gasteiger partial charge in [-0.3, -0.25) is 4.79 Å². The maximum absolute atomic E-state index is 12.8. The van der Waals surface area contributed by atoms with Crippen LogP contribution in [-0.4, -0.2) is 48.2 Å². The third-order valence-corrected chi connectivity index (χ3v) is 3.75. The monoisotopic (exact) mass is 307 g/mol. The largest absolute Gasteiger partial charge is 0.478 e. The Morgan fingerprint density at radius 3 is 2.27 bits per heavy atom. The average Bonchev–Trinajstić information content (AvgIpc) is 2.50. The third kappa shape index (κ3) is 4.56. The molecule has 0 saturated carbocycles. The maximum atomic E-state index is 12.8. The van der Waals surface area contributed by atoms with E-state index in [1.165, 1.54) is 6.07 Å². The summed E-state index contributed by atoms with van der Waals surface area (Å²) >= 11 is 0. The van der Waals surface area contributed by atoms with Crippen LogP contribution in [0.25, 0.3) is 0 Å². The second kappa shape index (κ2) is 8.54. The first-order valence-corrected chi connectivity index (χ1v) is 7.59. The Bertz CT molecular complexity index is 523. The van der Waals surface area contributed by atoms with Crippen LogP contribution in [0.2, 0.25) is 0 Å². The van der Waals surface area contributed by atoms with Crippen molar-refractivity contribution in [1.82, 2.24) is 4.90 Å². The molecular formula is C17H25NO4. The molecule has 0 unspecified atom stereocenters. The molecule has 0 spiro atoms. The highest BCUT2D eigenvalue weighted by Crippen LogP contribution is 2.17. The Morgan fingerprint density at radius 1 is 1.18 bits per heavy atom. The number of methoxy groups -OCH3 is 1. The van der Waals surface area contributed by atoms with Gasteiger partial charge in [-0.25, -0.2) is 4.79 Å². The van der Waals surface area contributed by atoms with E-state index in [9.17, 15) is 9.59 Å². The zero-order valence-corrected chi connectivity index (χ0v) is 13.8. The summed E-state index contributed by atoms with van der Waals surface area (Å²) in [7, 11) is 1.60. The number of carboxylic acid groups (broad SMARTS) is 1. The third-order valence-electron chi connectivity index (χ3n) is 3.75. The number of ether oxygens (including phenoxy) is 1. The lowest BCUT2D eigenvalue weighted by atomic mass is 10.0. The van der Waals surface area contributed by atoms with Crippen LogP contribution in [0.15, 0.2) is 18.2 Å². The fraction of sp³-hybridized carbons (Fsp3) is 0.529. The predicted molar refractivity (Wildman–Crippen MR) is 85.4 cm³/mol. The second-order valence-electron chi connectivity index (χ2n) is 5.35. The van der Waals surface area contributed by atoms with Crippen molar-refractivity contribution >= 4 is 11.9 Å². The lowest BCUT2D eigenvalue weighted by Crippen LogP contribution is -2.41. The normalized spacial score (nSPS) is 10.8. The summed E-state index contributed by atoms with van der Waals surface area (Å²) in [5.74, 6) is -1.17. The van der Waals surface area contributed by atoms with E-state index in [1.807, 2.05) is 13.8 Å². The number of hydrogen-bond donors (Lipinski definition) is 1. The van der Waals surface area contributed by atoms with E-state index in [0.717, 1.165) is 18.4 Å². The SMILES string of the molecule is CCC(CC)N(CCOC)C(=O)c1cc(C)cc(C(=O)O)c1. The highest BCUT2D eigenvalue weighted by molar-refractivity contribution is 5.98. The van der Waals surface area contributed by atoms with E-state index in [-0.39, 0.29) is 17.5 Å². The van der Waals surface area contributed by atoms with Crippen LogP contribution in [-0.2, 0) is 4.74 Å². The summed E-state index contributed by atoms with van der Waals surface area (Å²) in [6.07, 6.45) is 1.70. The van der Waals surface area contributed by atoms with Gasteiger partial charge in [0.25, 0.3) is 5.91 Å². The number of carboxylic acids is 1. The molecule has 0 saturated heterocycles. The molecule has 22 heavy (non-hydrogen) atoms. The molecular weight excluding hydrogens is 282 g/mol. The molecule has 1 aromatic carbocycles. The predicted octanol–water partition coefficient (Wildman–Crippen LogP) is 2.97. The number of rotatable bonds is 8. The van der Waals surface area contributed by atoms with E-state index < -0.39 is 5.97 Å². The van der Waals surface area contributed by atoms with Gasteiger partial charge in [0.2, 0.25) is 0 Å². The standard InChI is InChI=1S/C17H25NO4/c1-5-15(6-2)18(7-8-22-4)16(19)13-9-12(3)10-14(11-13)17(20)21/h9-11,15H,5-8H2,1-4H3,(H,20,21). The van der Waals surface area contributed by atoms with Crippen molar-refractivity contribution < 1.29 is 19.4 Å². The van der Waals surface area contributed by atoms with Crippen LogP contribution in [0, 0.1) is 6.92 Å². The van der Waals surface area contributed by atoms with Gasteiger partial charge in [0, 0.05) is 25.3 Å². The molecule has 1 aromatic rings. The number of nitrogens with zero attached hydrogens (tertiary/aromatic N) is 1. The van der Waals surface area contributed by atoms with E-state index in [1.54, 1.807) is 31.1 Å². The molecule has 1 amide bonds. The van der Waals surface area contributed by atoms with Gasteiger partial charge in [-0.05, 0) is 43.5 Å². The number of hydrogen-bond acceptors (Lipinski definition) is 3. The molecule has 5 nitrogen and oxygen atoms in total. The fourth-order valence-corrected chi connectivity index (χ4v) is 2.56. The zero-order chi connectivity index (χ0) is 16.7. The highest BCUT2D eigenvalue weighted by Gasteiger charge is 2.23. The molecule has 0 aliphatic rings. The average molecular weight is 307 g/mol. The number of amides is 1. The minimum Gasteiger partial charge on any atom is -0.478 e. The van der Waals surface area contributed by atoms with Crippen molar-refractivity contribution in [1.29, 1.82) is 0 Å². The zero-order valence-electron chi connectivity index (χ0n) is 13.8. The lowest BCUT2D eigenvalue weighted by molar-refractivity contribution is 0.0589. The molecule has 122 valence electrons. The van der Waals surface area contributed by atoms with Crippen LogP contribution in [0.3, 0.4) is 0 Å². The summed E-state index contributed by atoms with van der Waals surface area (Å²) in [4.78, 5) is 25.8. The second-order valence-corrected chi connectivity index (χ2v) is 5.35. The van der Waals surface area contributed by atoms with Crippen molar-refractivity contribution in [2.75, 3.05) is 20.3 Å². The van der Waals surface area contributed by atoms with Crippen LogP contribution >= 0.6 is 0 Å². The Balaban J connectivity index is 3.14. The fourth-order valence-electron chi connectivity index (χ4n) is 2.56. The molecule has 0 aliphatic heterocycles. The Labute approximate surface area is 131 Å². The Hall–Kier alpha value is -1.88.